The lowest BCUT2D eigenvalue weighted by atomic mass is 9.81. The lowest BCUT2D eigenvalue weighted by Crippen LogP contribution is -2.16. The number of rotatable bonds is 2. The third kappa shape index (κ3) is 1.89. The third-order valence-electron chi connectivity index (χ3n) is 4.23. The van der Waals surface area contributed by atoms with Crippen molar-refractivity contribution in [2.24, 2.45) is 5.41 Å². The Labute approximate surface area is 111 Å². The van der Waals surface area contributed by atoms with Crippen LogP contribution >= 0.6 is 0 Å². The van der Waals surface area contributed by atoms with Crippen LogP contribution in [-0.2, 0) is 0 Å². The van der Waals surface area contributed by atoms with Gasteiger partial charge in [-0.1, -0.05) is 20.3 Å². The van der Waals surface area contributed by atoms with Gasteiger partial charge in [0.25, 0.3) is 0 Å². The number of nitrogens with one attached hydrogen (secondary N) is 1. The molecule has 2 heterocycles. The molecule has 0 aromatic carbocycles. The normalized spacial score (nSPS) is 21.9. The number of aromatic amines is 1. The number of H-pyrrole nitrogens is 1. The largest absolute Gasteiger partial charge is 0.478 e. The number of carboxylic acids is 1. The molecule has 0 radical (unpaired) electrons. The number of aromatic nitrogens is 3. The van der Waals surface area contributed by atoms with Gasteiger partial charge in [0.2, 0.25) is 0 Å². The summed E-state index contributed by atoms with van der Waals surface area (Å²) in [6.07, 6.45) is 4.95. The Morgan fingerprint density at radius 1 is 1.53 bits per heavy atom. The predicted molar refractivity (Wildman–Crippen MR) is 71.2 cm³/mol. The summed E-state index contributed by atoms with van der Waals surface area (Å²) >= 11 is 0. The highest BCUT2D eigenvalue weighted by Gasteiger charge is 2.37. The number of pyridine rings is 1. The first-order valence-electron chi connectivity index (χ1n) is 6.57. The van der Waals surface area contributed by atoms with Crippen molar-refractivity contribution in [3.8, 4) is 0 Å². The summed E-state index contributed by atoms with van der Waals surface area (Å²) in [6.45, 7) is 4.48. The number of aromatic carboxylic acids is 1. The zero-order valence-electron chi connectivity index (χ0n) is 11.1. The zero-order chi connectivity index (χ0) is 13.6. The summed E-state index contributed by atoms with van der Waals surface area (Å²) in [5.74, 6) is 0.273. The molecule has 0 amide bonds. The lowest BCUT2D eigenvalue weighted by Gasteiger charge is -2.24. The fraction of sp³-hybridized carbons (Fsp3) is 0.500. The van der Waals surface area contributed by atoms with Crippen molar-refractivity contribution in [3.05, 3.63) is 23.7 Å². The average Bonchev–Trinajstić information content (AvgIpc) is 2.90. The van der Waals surface area contributed by atoms with Gasteiger partial charge in [-0.2, -0.15) is 0 Å². The standard InChI is InChI=1S/C14H17N3O2/c1-14(2)6-3-4-9(14)11-16-10-8(13(18)19)5-7-15-12(10)17-11/h5,7,9H,3-4,6H2,1-2H3,(H,18,19)(H,15,16,17). The van der Waals surface area contributed by atoms with Gasteiger partial charge in [-0.05, 0) is 24.3 Å². The first-order chi connectivity index (χ1) is 8.99. The molecule has 1 saturated carbocycles. The topological polar surface area (TPSA) is 78.9 Å². The molecule has 0 bridgehead atoms. The Morgan fingerprint density at radius 2 is 2.32 bits per heavy atom. The molecule has 1 fully saturated rings. The molecule has 2 aromatic heterocycles. The van der Waals surface area contributed by atoms with Crippen molar-refractivity contribution in [3.63, 3.8) is 0 Å². The van der Waals surface area contributed by atoms with Gasteiger partial charge in [-0.25, -0.2) is 14.8 Å². The van der Waals surface area contributed by atoms with Gasteiger partial charge in [0.05, 0.1) is 11.1 Å². The van der Waals surface area contributed by atoms with Gasteiger partial charge in [-0.3, -0.25) is 0 Å². The number of hydrogen-bond acceptors (Lipinski definition) is 3. The molecular formula is C14H17N3O2. The number of carboxylic acid groups (broad SMARTS) is 1. The SMILES string of the molecule is CC1(C)CCCC1c1nc2nccc(C(=O)O)c2[nH]1. The van der Waals surface area contributed by atoms with Gasteiger partial charge in [0.1, 0.15) is 5.82 Å². The Balaban J connectivity index is 2.12. The van der Waals surface area contributed by atoms with Crippen LogP contribution in [0, 0.1) is 5.41 Å². The maximum Gasteiger partial charge on any atom is 0.338 e. The number of carbonyl (C=O) groups is 1. The van der Waals surface area contributed by atoms with Crippen molar-refractivity contribution < 1.29 is 9.90 Å². The molecule has 0 aliphatic heterocycles. The Morgan fingerprint density at radius 3 is 2.95 bits per heavy atom. The van der Waals surface area contributed by atoms with Crippen LogP contribution in [0.1, 0.15) is 55.2 Å². The maximum atomic E-state index is 11.2. The molecule has 19 heavy (non-hydrogen) atoms. The third-order valence-corrected chi connectivity index (χ3v) is 4.23. The molecule has 5 nitrogen and oxygen atoms in total. The van der Waals surface area contributed by atoms with E-state index in [4.69, 9.17) is 0 Å². The summed E-state index contributed by atoms with van der Waals surface area (Å²) in [7, 11) is 0. The Hall–Kier alpha value is -1.91. The molecule has 2 N–H and O–H groups in total. The molecule has 100 valence electrons. The smallest absolute Gasteiger partial charge is 0.338 e. The molecule has 0 saturated heterocycles. The summed E-state index contributed by atoms with van der Waals surface area (Å²) in [4.78, 5) is 23.0. The van der Waals surface area contributed by atoms with Gasteiger partial charge >= 0.3 is 5.97 Å². The van der Waals surface area contributed by atoms with Crippen LogP contribution in [0.15, 0.2) is 12.3 Å². The second-order valence-electron chi connectivity index (χ2n) is 5.92. The van der Waals surface area contributed by atoms with Crippen molar-refractivity contribution in [2.75, 3.05) is 0 Å². The van der Waals surface area contributed by atoms with Gasteiger partial charge in [-0.15, -0.1) is 0 Å². The highest BCUT2D eigenvalue weighted by atomic mass is 16.4. The summed E-state index contributed by atoms with van der Waals surface area (Å²) < 4.78 is 0. The highest BCUT2D eigenvalue weighted by Crippen LogP contribution is 2.48. The van der Waals surface area contributed by atoms with E-state index in [1.54, 1.807) is 0 Å². The number of nitrogens with zero attached hydrogens (tertiary/aromatic N) is 2. The number of imidazole rings is 1. The van der Waals surface area contributed by atoms with E-state index in [1.165, 1.54) is 25.1 Å². The molecule has 1 atom stereocenters. The molecule has 5 heteroatoms. The van der Waals surface area contributed by atoms with Crippen LogP contribution < -0.4 is 0 Å². The van der Waals surface area contributed by atoms with E-state index in [9.17, 15) is 9.90 Å². The average molecular weight is 259 g/mol. The van der Waals surface area contributed by atoms with Crippen molar-refractivity contribution in [2.45, 2.75) is 39.0 Å². The Bertz CT molecular complexity index is 645. The molecule has 1 unspecified atom stereocenters. The number of hydrogen-bond donors (Lipinski definition) is 2. The summed E-state index contributed by atoms with van der Waals surface area (Å²) in [5, 5.41) is 9.18. The predicted octanol–water partition coefficient (Wildman–Crippen LogP) is 2.95. The first-order valence-corrected chi connectivity index (χ1v) is 6.57. The van der Waals surface area contributed by atoms with E-state index in [0.29, 0.717) is 17.1 Å². The fourth-order valence-electron chi connectivity index (χ4n) is 3.11. The lowest BCUT2D eigenvalue weighted by molar-refractivity contribution is 0.0698. The monoisotopic (exact) mass is 259 g/mol. The Kier molecular flexibility index (Phi) is 2.59. The quantitative estimate of drug-likeness (QED) is 0.869. The van der Waals surface area contributed by atoms with Crippen LogP contribution in [0.5, 0.6) is 0 Å². The van der Waals surface area contributed by atoms with Gasteiger partial charge in [0, 0.05) is 12.1 Å². The second kappa shape index (κ2) is 4.05. The van der Waals surface area contributed by atoms with Crippen LogP contribution in [0.4, 0.5) is 0 Å². The summed E-state index contributed by atoms with van der Waals surface area (Å²) in [6, 6.07) is 1.51. The van der Waals surface area contributed by atoms with E-state index in [0.717, 1.165) is 12.2 Å². The second-order valence-corrected chi connectivity index (χ2v) is 5.92. The van der Waals surface area contributed by atoms with Crippen molar-refractivity contribution >= 4 is 17.1 Å². The molecule has 0 spiro atoms. The minimum absolute atomic E-state index is 0.206. The van der Waals surface area contributed by atoms with E-state index in [-0.39, 0.29) is 11.0 Å². The van der Waals surface area contributed by atoms with Crippen LogP contribution in [0.25, 0.3) is 11.2 Å². The molecular weight excluding hydrogens is 242 g/mol. The minimum Gasteiger partial charge on any atom is -0.478 e. The van der Waals surface area contributed by atoms with Gasteiger partial charge in [0.15, 0.2) is 5.65 Å². The molecule has 2 aromatic rings. The minimum atomic E-state index is -0.951. The van der Waals surface area contributed by atoms with E-state index >= 15 is 0 Å². The number of fused-ring (bicyclic) bond motifs is 1. The van der Waals surface area contributed by atoms with Crippen molar-refractivity contribution in [1.29, 1.82) is 0 Å². The maximum absolute atomic E-state index is 11.2. The van der Waals surface area contributed by atoms with Crippen LogP contribution in [-0.4, -0.2) is 26.0 Å². The van der Waals surface area contributed by atoms with E-state index < -0.39 is 5.97 Å². The molecule has 1 aliphatic rings. The van der Waals surface area contributed by atoms with Crippen LogP contribution in [0.3, 0.4) is 0 Å². The zero-order valence-corrected chi connectivity index (χ0v) is 11.1. The first kappa shape index (κ1) is 12.1. The fourth-order valence-corrected chi connectivity index (χ4v) is 3.11. The van der Waals surface area contributed by atoms with Gasteiger partial charge < -0.3 is 10.1 Å². The highest BCUT2D eigenvalue weighted by molar-refractivity contribution is 5.99. The van der Waals surface area contributed by atoms with E-state index in [1.807, 2.05) is 0 Å². The molecule has 3 rings (SSSR count). The van der Waals surface area contributed by atoms with E-state index in [2.05, 4.69) is 28.8 Å². The summed E-state index contributed by atoms with van der Waals surface area (Å²) in [5.41, 5.74) is 1.47. The van der Waals surface area contributed by atoms with Crippen molar-refractivity contribution in [1.82, 2.24) is 15.0 Å². The van der Waals surface area contributed by atoms with Crippen LogP contribution in [0.2, 0.25) is 0 Å². The molecule has 1 aliphatic carbocycles.